The van der Waals surface area contributed by atoms with Crippen molar-refractivity contribution in [1.29, 1.82) is 0 Å². The van der Waals surface area contributed by atoms with E-state index in [9.17, 15) is 70.9 Å². The van der Waals surface area contributed by atoms with E-state index in [1.807, 2.05) is 0 Å². The molecule has 0 aliphatic carbocycles. The molecule has 5 fully saturated rings. The van der Waals surface area contributed by atoms with E-state index in [1.165, 1.54) is 13.8 Å². The van der Waals surface area contributed by atoms with E-state index in [4.69, 9.17) is 47.4 Å². The maximum atomic E-state index is 13.1. The van der Waals surface area contributed by atoms with Crippen molar-refractivity contribution in [2.24, 2.45) is 0 Å². The molecule has 0 spiro atoms. The topological polar surface area (TPSA) is 393 Å². The zero-order valence-electron chi connectivity index (χ0n) is 36.3. The molecular weight excluding hydrogens is 868 g/mol. The Balaban J connectivity index is 1.59. The van der Waals surface area contributed by atoms with E-state index >= 15 is 0 Å². The number of carbonyl (C=O) groups is 2. The second-order valence-corrected chi connectivity index (χ2v) is 17.6. The van der Waals surface area contributed by atoms with Crippen LogP contribution in [0.25, 0.3) is 0 Å². The fourth-order valence-corrected chi connectivity index (χ4v) is 8.13. The fraction of sp³-hybridized carbons (Fsp3) is 0.947. The Kier molecular flexibility index (Phi) is 18.2. The zero-order valence-corrected chi connectivity index (χ0v) is 36.3. The summed E-state index contributed by atoms with van der Waals surface area (Å²) >= 11 is 0. The van der Waals surface area contributed by atoms with Gasteiger partial charge in [0.25, 0.3) is 0 Å². The number of hydrogen-bond donors (Lipinski definition) is 14. The number of carbonyl (C=O) groups excluding carboxylic acids is 2. The molecule has 0 aromatic rings. The van der Waals surface area contributed by atoms with Crippen LogP contribution < -0.4 is 10.6 Å². The Bertz CT molecular complexity index is 1510. The lowest BCUT2D eigenvalue weighted by molar-refractivity contribution is -0.397. The van der Waals surface area contributed by atoms with Gasteiger partial charge in [-0.1, -0.05) is 0 Å². The van der Waals surface area contributed by atoms with Gasteiger partial charge in [-0.3, -0.25) is 9.59 Å². The van der Waals surface area contributed by atoms with Gasteiger partial charge in [-0.05, 0) is 34.6 Å². The first kappa shape index (κ1) is 53.0. The number of ether oxygens (including phenoxy) is 10. The molecule has 64 heavy (non-hydrogen) atoms. The number of hydrogen-bond acceptors (Lipinski definition) is 24. The standard InChI is InChI=1S/C38H66N2O24/c1-11-20(46)24(50)27(53)35(55-11)62-31-19(40-14(4)45)33(61-30-18(39-13(3)44)34(64-38(5,6)7)57-16(9-42)23(30)49)59-17(10-43)29(31)60-37-32(26(52)22(48)15(8-41)58-37)63-36-28(54)25(51)21(47)12(2)56-36/h11-12,15-37,41-43,46-54H,8-10H2,1-7H3,(H,39,44)(H,40,45)/t11?,12?,15?,16?,17?,18?,19?,20?,21-,22?,23?,24+,25?,26-,27?,28-,29?,30+,31+,32?,33-,34-,35+,36?,37-/m0/s1. The molecule has 5 saturated heterocycles. The minimum Gasteiger partial charge on any atom is -0.394 e. The summed E-state index contributed by atoms with van der Waals surface area (Å²) in [5.41, 5.74) is -0.933. The number of amides is 2. The highest BCUT2D eigenvalue weighted by atomic mass is 16.8. The second-order valence-electron chi connectivity index (χ2n) is 17.6. The Morgan fingerprint density at radius 3 is 1.33 bits per heavy atom. The highest BCUT2D eigenvalue weighted by Gasteiger charge is 2.58. The molecule has 0 bridgehead atoms. The van der Waals surface area contributed by atoms with E-state index in [2.05, 4.69) is 10.6 Å². The third-order valence-electron chi connectivity index (χ3n) is 11.5. The second kappa shape index (κ2) is 22.0. The van der Waals surface area contributed by atoms with Gasteiger partial charge in [0.2, 0.25) is 11.8 Å². The maximum Gasteiger partial charge on any atom is 0.217 e. The molecule has 26 nitrogen and oxygen atoms in total. The molecule has 372 valence electrons. The minimum atomic E-state index is -2.02. The van der Waals surface area contributed by atoms with Crippen LogP contribution in [0.5, 0.6) is 0 Å². The molecule has 14 N–H and O–H groups in total. The van der Waals surface area contributed by atoms with Gasteiger partial charge in [0.1, 0.15) is 110 Å². The summed E-state index contributed by atoms with van der Waals surface area (Å²) in [4.78, 5) is 25.6. The van der Waals surface area contributed by atoms with E-state index in [1.54, 1.807) is 20.8 Å². The van der Waals surface area contributed by atoms with Crippen molar-refractivity contribution in [3.8, 4) is 0 Å². The summed E-state index contributed by atoms with van der Waals surface area (Å²) in [7, 11) is 0. The van der Waals surface area contributed by atoms with Gasteiger partial charge in [-0.25, -0.2) is 0 Å². The van der Waals surface area contributed by atoms with Gasteiger partial charge in [-0.2, -0.15) is 0 Å². The van der Waals surface area contributed by atoms with Crippen LogP contribution in [0.1, 0.15) is 48.5 Å². The molecule has 26 heteroatoms. The molecule has 2 amide bonds. The number of nitrogens with one attached hydrogen (secondary N) is 2. The van der Waals surface area contributed by atoms with E-state index < -0.39 is 191 Å². The SMILES string of the molecule is CC(=O)NC1[C@H](OC(C)(C)C)OC(CO)C(O)[C@@H]1O[C@@H]1OC(CO)C(O[C@@H]2OC(CO)C(O)[C@H](O)C2OC2OC(C)[C@H](O)C(O)[C@@H]2O)[C@H](O[C@H]2OC(C)C(O)[C@@H](O)C2O)C1NC(C)=O. The van der Waals surface area contributed by atoms with Gasteiger partial charge in [0, 0.05) is 13.8 Å². The van der Waals surface area contributed by atoms with Gasteiger partial charge >= 0.3 is 0 Å². The van der Waals surface area contributed by atoms with Crippen molar-refractivity contribution in [3.05, 3.63) is 0 Å². The maximum absolute atomic E-state index is 13.1. The number of aliphatic hydroxyl groups excluding tert-OH is 12. The quantitative estimate of drug-likeness (QED) is 0.0769. The van der Waals surface area contributed by atoms with Crippen molar-refractivity contribution < 1.29 is 118 Å². The molecule has 0 aromatic heterocycles. The first-order chi connectivity index (χ1) is 29.9. The summed E-state index contributed by atoms with van der Waals surface area (Å²) in [6, 6.07) is -3.04. The molecule has 15 unspecified atom stereocenters. The van der Waals surface area contributed by atoms with Gasteiger partial charge < -0.3 is 119 Å². The van der Waals surface area contributed by atoms with Crippen molar-refractivity contribution in [2.75, 3.05) is 19.8 Å². The highest BCUT2D eigenvalue weighted by Crippen LogP contribution is 2.38. The zero-order chi connectivity index (χ0) is 47.7. The number of rotatable bonds is 14. The van der Waals surface area contributed by atoms with Crippen LogP contribution in [0.2, 0.25) is 0 Å². The van der Waals surface area contributed by atoms with Gasteiger partial charge in [0.15, 0.2) is 31.5 Å². The molecule has 25 atom stereocenters. The van der Waals surface area contributed by atoms with Gasteiger partial charge in [0.05, 0.1) is 37.6 Å². The Morgan fingerprint density at radius 1 is 0.453 bits per heavy atom. The van der Waals surface area contributed by atoms with Crippen LogP contribution in [0, 0.1) is 0 Å². The molecule has 5 heterocycles. The van der Waals surface area contributed by atoms with Crippen molar-refractivity contribution in [1.82, 2.24) is 10.6 Å². The lowest BCUT2D eigenvalue weighted by Gasteiger charge is -2.52. The predicted octanol–water partition coefficient (Wildman–Crippen LogP) is -7.76. The first-order valence-electron chi connectivity index (χ1n) is 21.0. The van der Waals surface area contributed by atoms with Crippen LogP contribution >= 0.6 is 0 Å². The molecule has 0 saturated carbocycles. The van der Waals surface area contributed by atoms with E-state index in [0.717, 1.165) is 13.8 Å². The van der Waals surface area contributed by atoms with Crippen LogP contribution in [-0.4, -0.2) is 252 Å². The molecule has 5 aliphatic heterocycles. The van der Waals surface area contributed by atoms with E-state index in [0.29, 0.717) is 0 Å². The summed E-state index contributed by atoms with van der Waals surface area (Å²) < 4.78 is 60.1. The van der Waals surface area contributed by atoms with Crippen LogP contribution in [-0.2, 0) is 57.0 Å². The van der Waals surface area contributed by atoms with Crippen molar-refractivity contribution in [2.45, 2.75) is 207 Å². The average molecular weight is 935 g/mol. The smallest absolute Gasteiger partial charge is 0.217 e. The molecule has 0 aromatic carbocycles. The number of aliphatic hydroxyl groups is 12. The monoisotopic (exact) mass is 934 g/mol. The molecule has 5 rings (SSSR count). The third-order valence-corrected chi connectivity index (χ3v) is 11.5. The molecule has 0 radical (unpaired) electrons. The first-order valence-corrected chi connectivity index (χ1v) is 21.0. The minimum absolute atomic E-state index is 0.632. The highest BCUT2D eigenvalue weighted by molar-refractivity contribution is 5.73. The normalized spacial score (nSPS) is 48.1. The van der Waals surface area contributed by atoms with Gasteiger partial charge in [-0.15, -0.1) is 0 Å². The Labute approximate surface area is 367 Å². The summed E-state index contributed by atoms with van der Waals surface area (Å²) in [5.74, 6) is -1.42. The molecular formula is C38H66N2O24. The Morgan fingerprint density at radius 2 is 0.859 bits per heavy atom. The van der Waals surface area contributed by atoms with Crippen LogP contribution in [0.4, 0.5) is 0 Å². The average Bonchev–Trinajstić information content (AvgIpc) is 3.22. The predicted molar refractivity (Wildman–Crippen MR) is 206 cm³/mol. The van der Waals surface area contributed by atoms with Crippen molar-refractivity contribution in [3.63, 3.8) is 0 Å². The summed E-state index contributed by atoms with van der Waals surface area (Å²) in [5, 5.41) is 134. The third kappa shape index (κ3) is 11.8. The largest absolute Gasteiger partial charge is 0.394 e. The Hall–Kier alpha value is -1.94. The lowest BCUT2D eigenvalue weighted by Crippen LogP contribution is -2.72. The fourth-order valence-electron chi connectivity index (χ4n) is 8.13. The molecule has 5 aliphatic rings. The summed E-state index contributed by atoms with van der Waals surface area (Å²) in [6.07, 6.45) is -39.4. The lowest BCUT2D eigenvalue weighted by atomic mass is 9.93. The summed E-state index contributed by atoms with van der Waals surface area (Å²) in [6.45, 7) is 7.27. The van der Waals surface area contributed by atoms with Crippen molar-refractivity contribution >= 4 is 11.8 Å². The van der Waals surface area contributed by atoms with Crippen LogP contribution in [0.3, 0.4) is 0 Å². The van der Waals surface area contributed by atoms with Crippen LogP contribution in [0.15, 0.2) is 0 Å². The van der Waals surface area contributed by atoms with E-state index in [-0.39, 0.29) is 0 Å².